The molecule has 1 aromatic carbocycles. The molecule has 0 saturated carbocycles. The number of benzene rings is 1. The highest BCUT2D eigenvalue weighted by Gasteiger charge is 2.26. The molecule has 0 radical (unpaired) electrons. The number of carbonyl (C=O) groups excluding carboxylic acids is 1. The van der Waals surface area contributed by atoms with Crippen LogP contribution in [-0.4, -0.2) is 40.5 Å². The average Bonchev–Trinajstić information content (AvgIpc) is 3.17. The normalized spacial score (nSPS) is 16.3. The van der Waals surface area contributed by atoms with Gasteiger partial charge in [-0.15, -0.1) is 11.3 Å². The van der Waals surface area contributed by atoms with Crippen LogP contribution in [-0.2, 0) is 4.79 Å². The highest BCUT2D eigenvalue weighted by atomic mass is 32.1. The van der Waals surface area contributed by atoms with Gasteiger partial charge in [0, 0.05) is 41.5 Å². The predicted molar refractivity (Wildman–Crippen MR) is 120 cm³/mol. The Bertz CT molecular complexity index is 1010. The monoisotopic (exact) mass is 422 g/mol. The lowest BCUT2D eigenvalue weighted by Gasteiger charge is -2.32. The van der Waals surface area contributed by atoms with Crippen molar-refractivity contribution in [2.45, 2.75) is 32.6 Å². The van der Waals surface area contributed by atoms with E-state index in [1.807, 2.05) is 60.5 Å². The number of aryl methyl sites for hydroxylation is 2. The van der Waals surface area contributed by atoms with Crippen molar-refractivity contribution in [2.24, 2.45) is 0 Å². The Labute approximate surface area is 180 Å². The maximum Gasteiger partial charge on any atom is 0.260 e. The fraction of sp³-hybridized carbons (Fsp3) is 0.348. The van der Waals surface area contributed by atoms with E-state index in [4.69, 9.17) is 9.72 Å². The first-order valence-corrected chi connectivity index (χ1v) is 11.1. The number of hydrogen-bond acceptors (Lipinski definition) is 6. The summed E-state index contributed by atoms with van der Waals surface area (Å²) in [5.41, 5.74) is 3.97. The lowest BCUT2D eigenvalue weighted by molar-refractivity contribution is -0.134. The molecule has 1 fully saturated rings. The van der Waals surface area contributed by atoms with Gasteiger partial charge >= 0.3 is 0 Å². The second-order valence-electron chi connectivity index (χ2n) is 7.62. The molecule has 4 rings (SSSR count). The molecule has 3 heterocycles. The summed E-state index contributed by atoms with van der Waals surface area (Å²) < 4.78 is 5.65. The molecule has 0 bridgehead atoms. The second-order valence-corrected chi connectivity index (χ2v) is 8.48. The minimum absolute atomic E-state index is 0.0211. The molecule has 30 heavy (non-hydrogen) atoms. The van der Waals surface area contributed by atoms with Crippen LogP contribution in [0.5, 0.6) is 5.75 Å². The Kier molecular flexibility index (Phi) is 6.28. The molecule has 2 aromatic heterocycles. The van der Waals surface area contributed by atoms with Crippen molar-refractivity contribution in [3.8, 4) is 5.75 Å². The molecule has 7 heteroatoms. The highest BCUT2D eigenvalue weighted by molar-refractivity contribution is 7.13. The molecule has 1 aliphatic rings. The number of para-hydroxylation sites is 1. The average molecular weight is 423 g/mol. The van der Waals surface area contributed by atoms with Gasteiger partial charge in [-0.2, -0.15) is 0 Å². The molecule has 1 amide bonds. The zero-order valence-electron chi connectivity index (χ0n) is 17.3. The van der Waals surface area contributed by atoms with Gasteiger partial charge in [-0.1, -0.05) is 18.2 Å². The SMILES string of the molecule is Cc1cc(Nc2nc(C)cs2)cc([C@H]2CCCN(C(=O)COc3ccccc3)C2)n1. The van der Waals surface area contributed by atoms with E-state index in [0.717, 1.165) is 47.3 Å². The van der Waals surface area contributed by atoms with Crippen molar-refractivity contribution >= 4 is 28.1 Å². The molecule has 0 unspecified atom stereocenters. The van der Waals surface area contributed by atoms with Crippen LogP contribution in [0.1, 0.15) is 35.8 Å². The third kappa shape index (κ3) is 5.16. The van der Waals surface area contributed by atoms with Crippen molar-refractivity contribution in [1.82, 2.24) is 14.9 Å². The molecule has 0 spiro atoms. The van der Waals surface area contributed by atoms with Crippen molar-refractivity contribution in [1.29, 1.82) is 0 Å². The second kappa shape index (κ2) is 9.26. The van der Waals surface area contributed by atoms with Crippen molar-refractivity contribution in [2.75, 3.05) is 25.0 Å². The number of nitrogens with zero attached hydrogens (tertiary/aromatic N) is 3. The molecule has 3 aromatic rings. The number of amides is 1. The first kappa shape index (κ1) is 20.3. The van der Waals surface area contributed by atoms with Gasteiger partial charge in [-0.05, 0) is 51.0 Å². The van der Waals surface area contributed by atoms with Gasteiger partial charge in [-0.25, -0.2) is 4.98 Å². The fourth-order valence-corrected chi connectivity index (χ4v) is 4.42. The first-order valence-electron chi connectivity index (χ1n) is 10.2. The number of carbonyl (C=O) groups is 1. The largest absolute Gasteiger partial charge is 0.484 e. The number of thiazole rings is 1. The fourth-order valence-electron chi connectivity index (χ4n) is 3.71. The van der Waals surface area contributed by atoms with Crippen LogP contribution in [0.3, 0.4) is 0 Å². The van der Waals surface area contributed by atoms with Gasteiger partial charge in [0.15, 0.2) is 11.7 Å². The number of aromatic nitrogens is 2. The minimum atomic E-state index is 0.0211. The maximum absolute atomic E-state index is 12.7. The number of anilines is 2. The van der Waals surface area contributed by atoms with Crippen LogP contribution < -0.4 is 10.1 Å². The van der Waals surface area contributed by atoms with Crippen LogP contribution in [0.4, 0.5) is 10.8 Å². The molecular weight excluding hydrogens is 396 g/mol. The highest BCUT2D eigenvalue weighted by Crippen LogP contribution is 2.29. The Morgan fingerprint density at radius 3 is 2.80 bits per heavy atom. The summed E-state index contributed by atoms with van der Waals surface area (Å²) in [6.45, 7) is 5.49. The summed E-state index contributed by atoms with van der Waals surface area (Å²) in [5.74, 6) is 0.957. The van der Waals surface area contributed by atoms with Crippen molar-refractivity contribution < 1.29 is 9.53 Å². The van der Waals surface area contributed by atoms with E-state index in [0.29, 0.717) is 12.3 Å². The molecule has 1 atom stereocenters. The molecule has 6 nitrogen and oxygen atoms in total. The number of ether oxygens (including phenoxy) is 1. The summed E-state index contributed by atoms with van der Waals surface area (Å²) in [4.78, 5) is 23.8. The van der Waals surface area contributed by atoms with Crippen molar-refractivity contribution in [3.05, 3.63) is 64.9 Å². The number of piperidine rings is 1. The lowest BCUT2D eigenvalue weighted by Crippen LogP contribution is -2.41. The lowest BCUT2D eigenvalue weighted by atomic mass is 9.93. The number of pyridine rings is 1. The minimum Gasteiger partial charge on any atom is -0.484 e. The Hall–Kier alpha value is -2.93. The summed E-state index contributed by atoms with van der Waals surface area (Å²) >= 11 is 1.59. The third-order valence-corrected chi connectivity index (χ3v) is 6.02. The van der Waals surface area contributed by atoms with E-state index in [-0.39, 0.29) is 18.4 Å². The van der Waals surface area contributed by atoms with Crippen molar-refractivity contribution in [3.63, 3.8) is 0 Å². The number of hydrogen-bond donors (Lipinski definition) is 1. The number of likely N-dealkylation sites (tertiary alicyclic amines) is 1. The van der Waals surface area contributed by atoms with E-state index >= 15 is 0 Å². The summed E-state index contributed by atoms with van der Waals surface area (Å²) in [5, 5.41) is 6.29. The quantitative estimate of drug-likeness (QED) is 0.625. The van der Waals surface area contributed by atoms with Gasteiger partial charge < -0.3 is 15.0 Å². The van der Waals surface area contributed by atoms with Gasteiger partial charge in [0.05, 0.1) is 5.69 Å². The molecular formula is C23H26N4O2S. The van der Waals surface area contributed by atoms with Crippen LogP contribution in [0.15, 0.2) is 47.8 Å². The summed E-state index contributed by atoms with van der Waals surface area (Å²) in [7, 11) is 0. The zero-order chi connectivity index (χ0) is 20.9. The number of rotatable bonds is 6. The van der Waals surface area contributed by atoms with Gasteiger partial charge in [-0.3, -0.25) is 9.78 Å². The van der Waals surface area contributed by atoms with E-state index in [1.54, 1.807) is 11.3 Å². The Morgan fingerprint density at radius 2 is 2.03 bits per heavy atom. The Morgan fingerprint density at radius 1 is 1.20 bits per heavy atom. The molecule has 0 aliphatic carbocycles. The molecule has 1 saturated heterocycles. The van der Waals surface area contributed by atoms with Gasteiger partial charge in [0.25, 0.3) is 5.91 Å². The molecule has 1 aliphatic heterocycles. The number of nitrogens with one attached hydrogen (secondary N) is 1. The molecule has 1 N–H and O–H groups in total. The summed E-state index contributed by atoms with van der Waals surface area (Å²) in [6.07, 6.45) is 1.99. The van der Waals surface area contributed by atoms with E-state index < -0.39 is 0 Å². The topological polar surface area (TPSA) is 67.4 Å². The van der Waals surface area contributed by atoms with E-state index in [1.165, 1.54) is 0 Å². The van der Waals surface area contributed by atoms with E-state index in [9.17, 15) is 4.79 Å². The standard InChI is InChI=1S/C23H26N4O2S/c1-16-11-19(26-23-25-17(2)15-30-23)12-21(24-16)18-7-6-10-27(13-18)22(28)14-29-20-8-4-3-5-9-20/h3-5,8-9,11-12,15,18H,6-7,10,13-14H2,1-2H3,(H,24,25,26)/t18-/m0/s1. The third-order valence-electron chi connectivity index (χ3n) is 5.14. The van der Waals surface area contributed by atoms with E-state index in [2.05, 4.69) is 16.4 Å². The maximum atomic E-state index is 12.7. The first-order chi connectivity index (χ1) is 14.6. The van der Waals surface area contributed by atoms with Gasteiger partial charge in [0.2, 0.25) is 0 Å². The van der Waals surface area contributed by atoms with Crippen LogP contribution in [0.25, 0.3) is 0 Å². The smallest absolute Gasteiger partial charge is 0.260 e. The van der Waals surface area contributed by atoms with Crippen LogP contribution in [0.2, 0.25) is 0 Å². The van der Waals surface area contributed by atoms with Crippen LogP contribution >= 0.6 is 11.3 Å². The molecule has 156 valence electrons. The Balaban J connectivity index is 1.41. The predicted octanol–water partition coefficient (Wildman–Crippen LogP) is 4.68. The zero-order valence-corrected chi connectivity index (χ0v) is 18.1. The summed E-state index contributed by atoms with van der Waals surface area (Å²) in [6, 6.07) is 13.6. The van der Waals surface area contributed by atoms with Gasteiger partial charge in [0.1, 0.15) is 5.75 Å². The van der Waals surface area contributed by atoms with Crippen LogP contribution in [0, 0.1) is 13.8 Å².